The fourth-order valence-corrected chi connectivity index (χ4v) is 3.16. The Balaban J connectivity index is 2.46. The third-order valence-electron chi connectivity index (χ3n) is 2.38. The molecular formula is C10H9BrN2O3S. The Morgan fingerprint density at radius 3 is 2.76 bits per heavy atom. The number of amides is 2. The first-order chi connectivity index (χ1) is 7.99. The summed E-state index contributed by atoms with van der Waals surface area (Å²) < 4.78 is 0.891. The highest BCUT2D eigenvalue weighted by molar-refractivity contribution is 9.11. The van der Waals surface area contributed by atoms with Gasteiger partial charge in [0, 0.05) is 10.6 Å². The molecule has 0 aromatic carbocycles. The maximum atomic E-state index is 11.4. The van der Waals surface area contributed by atoms with Crippen LogP contribution in [-0.4, -0.2) is 17.1 Å². The Hall–Kier alpha value is -1.34. The number of carboxylic acids is 1. The number of aliphatic carboxylic acids is 1. The Morgan fingerprint density at radius 1 is 1.53 bits per heavy atom. The minimum Gasteiger partial charge on any atom is -0.478 e. The first-order valence-corrected chi connectivity index (χ1v) is 6.37. The Kier molecular flexibility index (Phi) is 3.21. The summed E-state index contributed by atoms with van der Waals surface area (Å²) in [6.07, 6.45) is 0. The first-order valence-electron chi connectivity index (χ1n) is 4.76. The van der Waals surface area contributed by atoms with Gasteiger partial charge in [-0.15, -0.1) is 11.3 Å². The summed E-state index contributed by atoms with van der Waals surface area (Å²) in [5.74, 6) is -1.04. The summed E-state index contributed by atoms with van der Waals surface area (Å²) in [4.78, 5) is 23.4. The molecule has 3 N–H and O–H groups in total. The van der Waals surface area contributed by atoms with Crippen molar-refractivity contribution in [1.29, 1.82) is 0 Å². The zero-order chi connectivity index (χ0) is 12.6. The average Bonchev–Trinajstić information content (AvgIpc) is 2.62. The normalized spacial score (nSPS) is 19.9. The summed E-state index contributed by atoms with van der Waals surface area (Å²) >= 11 is 4.71. The molecule has 1 aromatic rings. The molecule has 1 aliphatic rings. The van der Waals surface area contributed by atoms with E-state index in [0.717, 1.165) is 8.66 Å². The van der Waals surface area contributed by atoms with Gasteiger partial charge < -0.3 is 15.7 Å². The second kappa shape index (κ2) is 4.50. The number of rotatable bonds is 2. The van der Waals surface area contributed by atoms with Crippen molar-refractivity contribution in [2.75, 3.05) is 0 Å². The molecule has 0 spiro atoms. The second-order valence-corrected chi connectivity index (χ2v) is 6.01. The second-order valence-electron chi connectivity index (χ2n) is 3.52. The molecule has 17 heavy (non-hydrogen) atoms. The third kappa shape index (κ3) is 2.34. The lowest BCUT2D eigenvalue weighted by molar-refractivity contribution is -0.133. The largest absolute Gasteiger partial charge is 0.478 e. The number of allylic oxidation sites excluding steroid dienone is 1. The van der Waals surface area contributed by atoms with Crippen LogP contribution in [0.5, 0.6) is 0 Å². The maximum Gasteiger partial charge on any atom is 0.335 e. The van der Waals surface area contributed by atoms with Gasteiger partial charge in [0.2, 0.25) is 0 Å². The number of thiophene rings is 1. The van der Waals surface area contributed by atoms with Crippen LogP contribution in [0.1, 0.15) is 17.8 Å². The molecule has 2 heterocycles. The van der Waals surface area contributed by atoms with Crippen molar-refractivity contribution in [2.24, 2.45) is 0 Å². The van der Waals surface area contributed by atoms with Crippen molar-refractivity contribution in [3.05, 3.63) is 32.1 Å². The van der Waals surface area contributed by atoms with Crippen molar-refractivity contribution in [1.82, 2.24) is 10.6 Å². The highest BCUT2D eigenvalue weighted by Crippen LogP contribution is 2.33. The van der Waals surface area contributed by atoms with Crippen molar-refractivity contribution < 1.29 is 14.7 Å². The summed E-state index contributed by atoms with van der Waals surface area (Å²) in [5, 5.41) is 14.2. The van der Waals surface area contributed by atoms with Gasteiger partial charge in [0.1, 0.15) is 0 Å². The number of halogens is 1. The average molecular weight is 317 g/mol. The maximum absolute atomic E-state index is 11.4. The Morgan fingerprint density at radius 2 is 2.24 bits per heavy atom. The van der Waals surface area contributed by atoms with E-state index >= 15 is 0 Å². The predicted octanol–water partition coefficient (Wildman–Crippen LogP) is 2.22. The molecule has 0 saturated heterocycles. The lowest BCUT2D eigenvalue weighted by Crippen LogP contribution is -2.44. The van der Waals surface area contributed by atoms with Gasteiger partial charge in [0.25, 0.3) is 0 Å². The summed E-state index contributed by atoms with van der Waals surface area (Å²) in [5.41, 5.74) is 0.537. The van der Waals surface area contributed by atoms with Crippen LogP contribution in [0, 0.1) is 0 Å². The van der Waals surface area contributed by atoms with E-state index in [9.17, 15) is 14.7 Å². The molecule has 0 aliphatic carbocycles. The number of carbonyl (C=O) groups is 2. The van der Waals surface area contributed by atoms with Crippen LogP contribution in [0.3, 0.4) is 0 Å². The molecule has 1 aromatic heterocycles. The van der Waals surface area contributed by atoms with Crippen LogP contribution >= 0.6 is 27.3 Å². The molecule has 1 unspecified atom stereocenters. The van der Waals surface area contributed by atoms with E-state index in [1.54, 1.807) is 13.0 Å². The minimum absolute atomic E-state index is 0.166. The zero-order valence-electron chi connectivity index (χ0n) is 8.78. The van der Waals surface area contributed by atoms with Crippen LogP contribution < -0.4 is 10.6 Å². The molecular weight excluding hydrogens is 308 g/mol. The molecule has 0 fully saturated rings. The standard InChI is InChI=1S/C10H9BrN2O3S/c1-4-7(9(14)15)8(13-10(16)12-4)5-2-3-6(11)17-5/h2-3,8H,1H3,(H,14,15)(H2,12,13,16). The summed E-state index contributed by atoms with van der Waals surface area (Å²) in [7, 11) is 0. The first kappa shape index (κ1) is 12.1. The van der Waals surface area contributed by atoms with Crippen LogP contribution in [0.2, 0.25) is 0 Å². The molecule has 2 amide bonds. The number of carboxylic acid groups (broad SMARTS) is 1. The lowest BCUT2D eigenvalue weighted by atomic mass is 10.0. The van der Waals surface area contributed by atoms with Gasteiger partial charge in [-0.25, -0.2) is 9.59 Å². The van der Waals surface area contributed by atoms with E-state index in [-0.39, 0.29) is 11.6 Å². The predicted molar refractivity (Wildman–Crippen MR) is 66.8 cm³/mol. The van der Waals surface area contributed by atoms with Crippen LogP contribution in [0.25, 0.3) is 0 Å². The highest BCUT2D eigenvalue weighted by Gasteiger charge is 2.31. The number of carbonyl (C=O) groups excluding carboxylic acids is 1. The highest BCUT2D eigenvalue weighted by atomic mass is 79.9. The van der Waals surface area contributed by atoms with Crippen LogP contribution in [0.4, 0.5) is 4.79 Å². The van der Waals surface area contributed by atoms with Crippen molar-refractivity contribution in [3.63, 3.8) is 0 Å². The quantitative estimate of drug-likeness (QED) is 0.782. The smallest absolute Gasteiger partial charge is 0.335 e. The van der Waals surface area contributed by atoms with E-state index in [0.29, 0.717) is 5.70 Å². The summed E-state index contributed by atoms with van der Waals surface area (Å²) in [6, 6.07) is 2.63. The number of hydrogen-bond acceptors (Lipinski definition) is 3. The molecule has 1 aliphatic heterocycles. The zero-order valence-corrected chi connectivity index (χ0v) is 11.2. The topological polar surface area (TPSA) is 78.4 Å². The molecule has 7 heteroatoms. The van der Waals surface area contributed by atoms with E-state index < -0.39 is 12.0 Å². The van der Waals surface area contributed by atoms with E-state index in [1.165, 1.54) is 11.3 Å². The lowest BCUT2D eigenvalue weighted by Gasteiger charge is -2.25. The summed E-state index contributed by atoms with van der Waals surface area (Å²) in [6.45, 7) is 1.58. The third-order valence-corrected chi connectivity index (χ3v) is 4.07. The molecule has 0 bridgehead atoms. The Bertz CT molecular complexity index is 523. The van der Waals surface area contributed by atoms with Crippen molar-refractivity contribution in [2.45, 2.75) is 13.0 Å². The van der Waals surface area contributed by atoms with Gasteiger partial charge in [0.15, 0.2) is 0 Å². The van der Waals surface area contributed by atoms with Crippen LogP contribution in [0.15, 0.2) is 27.2 Å². The van der Waals surface area contributed by atoms with Gasteiger partial charge in [0.05, 0.1) is 15.4 Å². The SMILES string of the molecule is CC1=C(C(=O)O)C(c2ccc(Br)s2)NC(=O)N1. The molecule has 2 rings (SSSR count). The molecule has 1 atom stereocenters. The van der Waals surface area contributed by atoms with Crippen molar-refractivity contribution in [3.8, 4) is 0 Å². The fraction of sp³-hybridized carbons (Fsp3) is 0.200. The van der Waals surface area contributed by atoms with E-state index in [4.69, 9.17) is 0 Å². The van der Waals surface area contributed by atoms with Crippen LogP contribution in [-0.2, 0) is 4.79 Å². The monoisotopic (exact) mass is 316 g/mol. The molecule has 90 valence electrons. The van der Waals surface area contributed by atoms with Gasteiger partial charge in [-0.3, -0.25) is 0 Å². The van der Waals surface area contributed by atoms with Gasteiger partial charge in [-0.05, 0) is 35.0 Å². The van der Waals surface area contributed by atoms with Crippen molar-refractivity contribution >= 4 is 39.3 Å². The fourth-order valence-electron chi connectivity index (χ4n) is 1.67. The molecule has 0 saturated carbocycles. The van der Waals surface area contributed by atoms with Gasteiger partial charge in [-0.2, -0.15) is 0 Å². The minimum atomic E-state index is -1.04. The molecule has 0 radical (unpaired) electrons. The van der Waals surface area contributed by atoms with E-state index in [1.807, 2.05) is 6.07 Å². The van der Waals surface area contributed by atoms with E-state index in [2.05, 4.69) is 26.6 Å². The van der Waals surface area contributed by atoms with Gasteiger partial charge in [-0.1, -0.05) is 0 Å². The number of nitrogens with one attached hydrogen (secondary N) is 2. The number of hydrogen-bond donors (Lipinski definition) is 3. The van der Waals surface area contributed by atoms with Gasteiger partial charge >= 0.3 is 12.0 Å². The number of urea groups is 1. The Labute approximate surface area is 110 Å². The molecule has 5 nitrogen and oxygen atoms in total.